The maximum absolute atomic E-state index is 13.2. The predicted molar refractivity (Wildman–Crippen MR) is 108 cm³/mol. The van der Waals surface area contributed by atoms with Gasteiger partial charge in [-0.3, -0.25) is 9.36 Å². The standard InChI is InChI=1S/C18H13Cl2F5N6O/c19-5-13(32)28-11-7-27-16(20)30-14(11)26-6-9-1-3-10(4-2-9)15-29-12(18(23,24)25)8-31(15)17(21)22/h1-4,7-8,17H,5-6H2,(H,28,32)(H,26,27,30). The number of amides is 1. The third-order valence-electron chi connectivity index (χ3n) is 4.06. The van der Waals surface area contributed by atoms with Crippen LogP contribution in [0.4, 0.5) is 33.5 Å². The molecule has 2 heterocycles. The molecule has 170 valence electrons. The van der Waals surface area contributed by atoms with Gasteiger partial charge in [0.1, 0.15) is 17.4 Å². The van der Waals surface area contributed by atoms with Crippen molar-refractivity contribution < 1.29 is 26.7 Å². The molecule has 1 amide bonds. The number of halogens is 7. The van der Waals surface area contributed by atoms with Crippen LogP contribution >= 0.6 is 23.2 Å². The lowest BCUT2D eigenvalue weighted by atomic mass is 10.1. The van der Waals surface area contributed by atoms with Gasteiger partial charge >= 0.3 is 12.7 Å². The Morgan fingerprint density at radius 1 is 1.16 bits per heavy atom. The first-order chi connectivity index (χ1) is 15.1. The molecule has 0 bridgehead atoms. The number of anilines is 2. The molecule has 1 aromatic carbocycles. The topological polar surface area (TPSA) is 84.7 Å². The van der Waals surface area contributed by atoms with Crippen molar-refractivity contribution in [1.82, 2.24) is 19.5 Å². The molecular weight excluding hydrogens is 482 g/mol. The van der Waals surface area contributed by atoms with E-state index in [0.717, 1.165) is 0 Å². The zero-order valence-electron chi connectivity index (χ0n) is 15.8. The molecule has 0 radical (unpaired) electrons. The van der Waals surface area contributed by atoms with Gasteiger partial charge in [0, 0.05) is 18.3 Å². The molecule has 0 aliphatic heterocycles. The highest BCUT2D eigenvalue weighted by atomic mass is 35.5. The van der Waals surface area contributed by atoms with Crippen molar-refractivity contribution in [3.63, 3.8) is 0 Å². The first kappa shape index (κ1) is 23.7. The molecule has 2 N–H and O–H groups in total. The summed E-state index contributed by atoms with van der Waals surface area (Å²) in [5, 5.41) is 5.35. The monoisotopic (exact) mass is 494 g/mol. The molecule has 0 saturated carbocycles. The summed E-state index contributed by atoms with van der Waals surface area (Å²) >= 11 is 11.2. The number of hydrogen-bond acceptors (Lipinski definition) is 5. The average Bonchev–Trinajstić information content (AvgIpc) is 3.20. The van der Waals surface area contributed by atoms with E-state index < -0.39 is 30.2 Å². The third-order valence-corrected chi connectivity index (χ3v) is 4.48. The summed E-state index contributed by atoms with van der Waals surface area (Å²) in [7, 11) is 0. The van der Waals surface area contributed by atoms with E-state index >= 15 is 0 Å². The summed E-state index contributed by atoms with van der Waals surface area (Å²) in [6.07, 6.45) is -3.30. The van der Waals surface area contributed by atoms with Crippen LogP contribution in [0.25, 0.3) is 11.4 Å². The van der Waals surface area contributed by atoms with Gasteiger partial charge in [-0.1, -0.05) is 24.3 Å². The highest BCUT2D eigenvalue weighted by Crippen LogP contribution is 2.33. The Kier molecular flexibility index (Phi) is 7.14. The Hall–Kier alpha value is -2.99. The number of hydrogen-bond donors (Lipinski definition) is 2. The Morgan fingerprint density at radius 2 is 1.84 bits per heavy atom. The normalized spacial score (nSPS) is 11.6. The Balaban J connectivity index is 1.79. The van der Waals surface area contributed by atoms with Gasteiger partial charge in [-0.15, -0.1) is 11.6 Å². The van der Waals surface area contributed by atoms with Crippen molar-refractivity contribution in [2.45, 2.75) is 19.3 Å². The van der Waals surface area contributed by atoms with Gasteiger partial charge < -0.3 is 10.6 Å². The minimum atomic E-state index is -4.85. The number of imidazole rings is 1. The van der Waals surface area contributed by atoms with Crippen LogP contribution in [0.5, 0.6) is 0 Å². The summed E-state index contributed by atoms with van der Waals surface area (Å²) in [4.78, 5) is 22.6. The van der Waals surface area contributed by atoms with Gasteiger partial charge in [0.05, 0.1) is 6.20 Å². The maximum Gasteiger partial charge on any atom is 0.434 e. The molecule has 3 rings (SSSR count). The number of nitrogens with zero attached hydrogens (tertiary/aromatic N) is 4. The molecule has 7 nitrogen and oxygen atoms in total. The molecule has 0 aliphatic carbocycles. The van der Waals surface area contributed by atoms with Gasteiger partial charge in [0.15, 0.2) is 11.5 Å². The highest BCUT2D eigenvalue weighted by molar-refractivity contribution is 6.29. The maximum atomic E-state index is 13.2. The second-order valence-electron chi connectivity index (χ2n) is 6.27. The largest absolute Gasteiger partial charge is 0.434 e. The van der Waals surface area contributed by atoms with E-state index in [9.17, 15) is 26.7 Å². The molecule has 32 heavy (non-hydrogen) atoms. The number of benzene rings is 1. The zero-order chi connectivity index (χ0) is 23.5. The molecule has 0 aliphatic rings. The van der Waals surface area contributed by atoms with Crippen LogP contribution in [-0.4, -0.2) is 31.3 Å². The SMILES string of the molecule is O=C(CCl)Nc1cnc(Cl)nc1NCc1ccc(-c2nc(C(F)(F)F)cn2C(F)F)cc1. The van der Waals surface area contributed by atoms with Crippen LogP contribution < -0.4 is 10.6 Å². The summed E-state index contributed by atoms with van der Waals surface area (Å²) in [5.74, 6) is -1.08. The van der Waals surface area contributed by atoms with Crippen molar-refractivity contribution in [2.24, 2.45) is 0 Å². The first-order valence-electron chi connectivity index (χ1n) is 8.74. The van der Waals surface area contributed by atoms with E-state index in [0.29, 0.717) is 5.56 Å². The fourth-order valence-corrected chi connectivity index (χ4v) is 2.82. The van der Waals surface area contributed by atoms with Crippen LogP contribution in [0.15, 0.2) is 36.7 Å². The molecule has 0 spiro atoms. The summed E-state index contributed by atoms with van der Waals surface area (Å²) < 4.78 is 65.1. The predicted octanol–water partition coefficient (Wildman–Crippen LogP) is 5.20. The van der Waals surface area contributed by atoms with Gasteiger partial charge in [-0.25, -0.2) is 9.97 Å². The van der Waals surface area contributed by atoms with Crippen molar-refractivity contribution >= 4 is 40.6 Å². The van der Waals surface area contributed by atoms with Crippen molar-refractivity contribution in [3.8, 4) is 11.4 Å². The molecule has 0 fully saturated rings. The second-order valence-corrected chi connectivity index (χ2v) is 6.87. The molecule has 0 saturated heterocycles. The fourth-order valence-electron chi connectivity index (χ4n) is 2.62. The Morgan fingerprint density at radius 3 is 2.44 bits per heavy atom. The van der Waals surface area contributed by atoms with E-state index in [1.54, 1.807) is 0 Å². The number of alkyl halides is 6. The van der Waals surface area contributed by atoms with Gasteiger partial charge in [-0.05, 0) is 17.2 Å². The van der Waals surface area contributed by atoms with Crippen molar-refractivity contribution in [1.29, 1.82) is 0 Å². The number of rotatable bonds is 7. The first-order valence-corrected chi connectivity index (χ1v) is 9.65. The minimum Gasteiger partial charge on any atom is -0.364 e. The van der Waals surface area contributed by atoms with E-state index in [-0.39, 0.29) is 45.5 Å². The number of carbonyl (C=O) groups is 1. The van der Waals surface area contributed by atoms with Crippen LogP contribution in [0.2, 0.25) is 5.28 Å². The smallest absolute Gasteiger partial charge is 0.364 e. The number of aromatic nitrogens is 4. The molecule has 0 atom stereocenters. The van der Waals surface area contributed by atoms with E-state index in [2.05, 4.69) is 25.6 Å². The van der Waals surface area contributed by atoms with Crippen molar-refractivity contribution in [2.75, 3.05) is 16.5 Å². The average molecular weight is 495 g/mol. The van der Waals surface area contributed by atoms with Crippen molar-refractivity contribution in [3.05, 3.63) is 53.2 Å². The van der Waals surface area contributed by atoms with E-state index in [4.69, 9.17) is 23.2 Å². The molecular formula is C18H13Cl2F5N6O. The summed E-state index contributed by atoms with van der Waals surface area (Å²) in [6.45, 7) is -3.03. The molecule has 2 aromatic heterocycles. The Bertz CT molecular complexity index is 1100. The minimum absolute atomic E-state index is 0.0738. The summed E-state index contributed by atoms with van der Waals surface area (Å²) in [5.41, 5.74) is -0.477. The third kappa shape index (κ3) is 5.62. The van der Waals surface area contributed by atoms with Gasteiger partial charge in [-0.2, -0.15) is 26.9 Å². The molecule has 14 heteroatoms. The van der Waals surface area contributed by atoms with Crippen LogP contribution in [0.3, 0.4) is 0 Å². The fraction of sp³-hybridized carbons (Fsp3) is 0.222. The lowest BCUT2D eigenvalue weighted by Crippen LogP contribution is -2.15. The summed E-state index contributed by atoms with van der Waals surface area (Å²) in [6, 6.07) is 5.75. The molecule has 0 unspecified atom stereocenters. The highest BCUT2D eigenvalue weighted by Gasteiger charge is 2.36. The van der Waals surface area contributed by atoms with Gasteiger partial charge in [0.25, 0.3) is 0 Å². The molecule has 3 aromatic rings. The van der Waals surface area contributed by atoms with Gasteiger partial charge in [0.2, 0.25) is 11.2 Å². The Labute approximate surface area is 187 Å². The quantitative estimate of drug-likeness (QED) is 0.268. The lowest BCUT2D eigenvalue weighted by Gasteiger charge is -2.12. The van der Waals surface area contributed by atoms with Crippen LogP contribution in [0, 0.1) is 0 Å². The second kappa shape index (κ2) is 9.65. The number of nitrogens with one attached hydrogen (secondary N) is 2. The number of carbonyl (C=O) groups excluding carboxylic acids is 1. The van der Waals surface area contributed by atoms with E-state index in [1.165, 1.54) is 30.5 Å². The van der Waals surface area contributed by atoms with E-state index in [1.807, 2.05) is 0 Å². The zero-order valence-corrected chi connectivity index (χ0v) is 17.3. The lowest BCUT2D eigenvalue weighted by molar-refractivity contribution is -0.141. The van der Waals surface area contributed by atoms with Crippen LogP contribution in [-0.2, 0) is 17.5 Å². The van der Waals surface area contributed by atoms with Crippen LogP contribution in [0.1, 0.15) is 17.8 Å².